The van der Waals surface area contributed by atoms with Gasteiger partial charge in [0.05, 0.1) is 7.11 Å². The molecule has 2 aromatic rings. The lowest BCUT2D eigenvalue weighted by Crippen LogP contribution is -2.56. The molecule has 0 bridgehead atoms. The molecular weight excluding hydrogens is 368 g/mol. The van der Waals surface area contributed by atoms with Crippen LogP contribution in [0.4, 0.5) is 5.69 Å². The number of aromatic nitrogens is 1. The Morgan fingerprint density at radius 3 is 2.55 bits per heavy atom. The zero-order valence-corrected chi connectivity index (χ0v) is 16.8. The molecule has 0 unspecified atom stereocenters. The summed E-state index contributed by atoms with van der Waals surface area (Å²) in [6.07, 6.45) is 3.62. The van der Waals surface area contributed by atoms with Crippen molar-refractivity contribution in [2.75, 3.05) is 51.3 Å². The Hall–Kier alpha value is -2.80. The highest BCUT2D eigenvalue weighted by atomic mass is 16.5. The van der Waals surface area contributed by atoms with Crippen molar-refractivity contribution in [1.82, 2.24) is 14.8 Å². The predicted octanol–water partition coefficient (Wildman–Crippen LogP) is 2.22. The minimum absolute atomic E-state index is 0.0484. The van der Waals surface area contributed by atoms with Gasteiger partial charge in [-0.25, -0.2) is 4.98 Å². The average Bonchev–Trinajstić information content (AvgIpc) is 2.79. The van der Waals surface area contributed by atoms with Crippen molar-refractivity contribution in [3.05, 3.63) is 48.3 Å². The van der Waals surface area contributed by atoms with E-state index in [0.29, 0.717) is 12.6 Å². The molecule has 2 aliphatic heterocycles. The van der Waals surface area contributed by atoms with Crippen LogP contribution in [0.15, 0.2) is 42.6 Å². The maximum absolute atomic E-state index is 12.8. The Balaban J connectivity index is 1.35. The van der Waals surface area contributed by atoms with Crippen molar-refractivity contribution >= 4 is 11.6 Å². The van der Waals surface area contributed by atoms with E-state index in [0.717, 1.165) is 51.3 Å². The van der Waals surface area contributed by atoms with Gasteiger partial charge in [-0.3, -0.25) is 9.69 Å². The summed E-state index contributed by atoms with van der Waals surface area (Å²) in [6, 6.07) is 11.7. The van der Waals surface area contributed by atoms with Gasteiger partial charge in [0.1, 0.15) is 11.5 Å². The van der Waals surface area contributed by atoms with Gasteiger partial charge in [-0.2, -0.15) is 0 Å². The Bertz CT molecular complexity index is 834. The number of pyridine rings is 1. The predicted molar refractivity (Wildman–Crippen MR) is 112 cm³/mol. The number of piperidine rings is 1. The molecule has 0 radical (unpaired) electrons. The highest BCUT2D eigenvalue weighted by molar-refractivity contribution is 5.94. The van der Waals surface area contributed by atoms with Gasteiger partial charge < -0.3 is 19.6 Å². The number of benzene rings is 1. The van der Waals surface area contributed by atoms with Gasteiger partial charge in [0.25, 0.3) is 5.91 Å². The number of ether oxygens (including phenoxy) is 1. The quantitative estimate of drug-likeness (QED) is 0.855. The smallest absolute Gasteiger partial charge is 0.276 e. The number of anilines is 1. The number of likely N-dealkylation sites (tertiary alicyclic amines) is 1. The molecule has 7 nitrogen and oxygen atoms in total. The van der Waals surface area contributed by atoms with Crippen LogP contribution < -0.4 is 9.64 Å². The molecule has 2 aliphatic rings. The Morgan fingerprint density at radius 1 is 1.10 bits per heavy atom. The lowest BCUT2D eigenvalue weighted by atomic mass is 10.0. The van der Waals surface area contributed by atoms with Crippen LogP contribution in [0, 0.1) is 0 Å². The SMILES string of the molecule is COc1ccc(N2CCN([C@H]3CCCN(C(=O)c4ncccc4O)C3)CC2)cc1. The Kier molecular flexibility index (Phi) is 5.85. The molecule has 0 saturated carbocycles. The molecule has 154 valence electrons. The van der Waals surface area contributed by atoms with E-state index in [9.17, 15) is 9.90 Å². The number of aromatic hydroxyl groups is 1. The fourth-order valence-electron chi connectivity index (χ4n) is 4.29. The Labute approximate surface area is 171 Å². The average molecular weight is 396 g/mol. The molecule has 7 heteroatoms. The largest absolute Gasteiger partial charge is 0.505 e. The molecule has 0 spiro atoms. The van der Waals surface area contributed by atoms with Gasteiger partial charge in [0.15, 0.2) is 5.69 Å². The van der Waals surface area contributed by atoms with E-state index in [1.54, 1.807) is 19.4 Å². The van der Waals surface area contributed by atoms with Crippen LogP contribution in [0.2, 0.25) is 0 Å². The summed E-state index contributed by atoms with van der Waals surface area (Å²) in [5.41, 5.74) is 1.37. The summed E-state index contributed by atoms with van der Waals surface area (Å²) < 4.78 is 5.24. The molecule has 0 aliphatic carbocycles. The van der Waals surface area contributed by atoms with Crippen LogP contribution in [0.5, 0.6) is 11.5 Å². The molecule has 29 heavy (non-hydrogen) atoms. The van der Waals surface area contributed by atoms with E-state index in [2.05, 4.69) is 26.9 Å². The van der Waals surface area contributed by atoms with E-state index in [4.69, 9.17) is 4.74 Å². The highest BCUT2D eigenvalue weighted by Gasteiger charge is 2.31. The minimum Gasteiger partial charge on any atom is -0.505 e. The van der Waals surface area contributed by atoms with Gasteiger partial charge in [-0.05, 0) is 49.2 Å². The molecule has 3 heterocycles. The number of hydrogen-bond donors (Lipinski definition) is 1. The third kappa shape index (κ3) is 4.29. The summed E-state index contributed by atoms with van der Waals surface area (Å²) in [6.45, 7) is 5.31. The maximum atomic E-state index is 12.8. The number of carbonyl (C=O) groups is 1. The number of hydrogen-bond acceptors (Lipinski definition) is 6. The number of nitrogens with zero attached hydrogens (tertiary/aromatic N) is 4. The van der Waals surface area contributed by atoms with Crippen LogP contribution in [0.1, 0.15) is 23.3 Å². The van der Waals surface area contributed by atoms with Crippen LogP contribution in [-0.4, -0.2) is 78.2 Å². The number of carbonyl (C=O) groups excluding carboxylic acids is 1. The van der Waals surface area contributed by atoms with Crippen molar-refractivity contribution in [2.45, 2.75) is 18.9 Å². The van der Waals surface area contributed by atoms with E-state index < -0.39 is 0 Å². The minimum atomic E-state index is -0.176. The maximum Gasteiger partial charge on any atom is 0.276 e. The first-order valence-electron chi connectivity index (χ1n) is 10.2. The first-order valence-corrected chi connectivity index (χ1v) is 10.2. The summed E-state index contributed by atoms with van der Waals surface area (Å²) in [7, 11) is 1.68. The number of amides is 1. The van der Waals surface area contributed by atoms with E-state index >= 15 is 0 Å². The number of piperazine rings is 1. The normalized spacial score (nSPS) is 20.5. The summed E-state index contributed by atoms with van der Waals surface area (Å²) >= 11 is 0. The van der Waals surface area contributed by atoms with E-state index in [1.165, 1.54) is 11.8 Å². The molecule has 2 fully saturated rings. The summed E-state index contributed by atoms with van der Waals surface area (Å²) in [4.78, 5) is 23.6. The second-order valence-electron chi connectivity index (χ2n) is 7.64. The molecule has 1 aromatic carbocycles. The van der Waals surface area contributed by atoms with Crippen molar-refractivity contribution in [1.29, 1.82) is 0 Å². The molecular formula is C22H28N4O3. The van der Waals surface area contributed by atoms with Gasteiger partial charge in [-0.1, -0.05) is 0 Å². The third-order valence-electron chi connectivity index (χ3n) is 5.94. The number of rotatable bonds is 4. The fraction of sp³-hybridized carbons (Fsp3) is 0.455. The van der Waals surface area contributed by atoms with Crippen LogP contribution >= 0.6 is 0 Å². The van der Waals surface area contributed by atoms with Gasteiger partial charge in [0.2, 0.25) is 0 Å². The first kappa shape index (κ1) is 19.5. The van der Waals surface area contributed by atoms with Gasteiger partial charge in [-0.15, -0.1) is 0 Å². The first-order chi connectivity index (χ1) is 14.2. The Morgan fingerprint density at radius 2 is 1.86 bits per heavy atom. The summed E-state index contributed by atoms with van der Waals surface area (Å²) in [5, 5.41) is 9.96. The summed E-state index contributed by atoms with van der Waals surface area (Å²) in [5.74, 6) is 0.649. The molecule has 2 saturated heterocycles. The topological polar surface area (TPSA) is 69.1 Å². The second-order valence-corrected chi connectivity index (χ2v) is 7.64. The number of methoxy groups -OCH3 is 1. The van der Waals surface area contributed by atoms with Gasteiger partial charge >= 0.3 is 0 Å². The lowest BCUT2D eigenvalue weighted by Gasteiger charge is -2.43. The fourth-order valence-corrected chi connectivity index (χ4v) is 4.29. The van der Waals surface area contributed by atoms with Crippen LogP contribution in [0.3, 0.4) is 0 Å². The highest BCUT2D eigenvalue weighted by Crippen LogP contribution is 2.24. The van der Waals surface area contributed by atoms with Crippen molar-refractivity contribution in [2.24, 2.45) is 0 Å². The molecule has 4 rings (SSSR count). The molecule has 1 aromatic heterocycles. The third-order valence-corrected chi connectivity index (χ3v) is 5.94. The van der Waals surface area contributed by atoms with E-state index in [-0.39, 0.29) is 17.4 Å². The molecule has 1 amide bonds. The lowest BCUT2D eigenvalue weighted by molar-refractivity contribution is 0.0555. The van der Waals surface area contributed by atoms with Crippen molar-refractivity contribution in [3.8, 4) is 11.5 Å². The van der Waals surface area contributed by atoms with E-state index in [1.807, 2.05) is 17.0 Å². The zero-order chi connectivity index (χ0) is 20.2. The monoisotopic (exact) mass is 396 g/mol. The standard InChI is InChI=1S/C22H28N4O3/c1-29-19-8-6-17(7-9-19)24-12-14-25(15-13-24)18-4-3-11-26(16-18)22(28)21-20(27)5-2-10-23-21/h2,5-10,18,27H,3-4,11-16H2,1H3/t18-/m0/s1. The van der Waals surface area contributed by atoms with Crippen molar-refractivity contribution < 1.29 is 14.6 Å². The van der Waals surface area contributed by atoms with Crippen molar-refractivity contribution in [3.63, 3.8) is 0 Å². The molecule has 1 atom stereocenters. The molecule has 1 N–H and O–H groups in total. The van der Waals surface area contributed by atoms with Crippen LogP contribution in [-0.2, 0) is 0 Å². The zero-order valence-electron chi connectivity index (χ0n) is 16.8. The van der Waals surface area contributed by atoms with Gasteiger partial charge in [0, 0.05) is 57.2 Å². The second kappa shape index (κ2) is 8.69. The van der Waals surface area contributed by atoms with Crippen LogP contribution in [0.25, 0.3) is 0 Å².